The van der Waals surface area contributed by atoms with Crippen molar-refractivity contribution in [2.45, 2.75) is 30.5 Å². The number of rotatable bonds is 2. The number of alkyl halides is 1. The molecular weight excluding hydrogens is 318 g/mol. The maximum absolute atomic E-state index is 11.6. The number of fused-ring (bicyclic) bond motifs is 3. The molecule has 4 rings (SSSR count). The van der Waals surface area contributed by atoms with Gasteiger partial charge in [-0.2, -0.15) is 0 Å². The lowest BCUT2D eigenvalue weighted by molar-refractivity contribution is 0.329. The summed E-state index contributed by atoms with van der Waals surface area (Å²) in [4.78, 5) is 11.9. The van der Waals surface area contributed by atoms with Crippen molar-refractivity contribution in [3.63, 3.8) is 0 Å². The maximum Gasteiger partial charge on any atom is 0.419 e. The minimum Gasteiger partial charge on any atom is -0.408 e. The Morgan fingerprint density at radius 2 is 2.20 bits per heavy atom. The normalized spacial score (nSPS) is 30.2. The fourth-order valence-electron chi connectivity index (χ4n) is 4.22. The van der Waals surface area contributed by atoms with Crippen LogP contribution in [0.25, 0.3) is 11.1 Å². The summed E-state index contributed by atoms with van der Waals surface area (Å²) in [7, 11) is 1.75. The minimum atomic E-state index is -0.289. The summed E-state index contributed by atoms with van der Waals surface area (Å²) in [5, 5.41) is 0. The van der Waals surface area contributed by atoms with E-state index in [4.69, 9.17) is 4.42 Å². The number of benzene rings is 1. The highest BCUT2D eigenvalue weighted by Gasteiger charge is 2.42. The molecule has 20 heavy (non-hydrogen) atoms. The Labute approximate surface area is 126 Å². The molecule has 2 fully saturated rings. The van der Waals surface area contributed by atoms with Crippen LogP contribution in [0, 0.1) is 17.8 Å². The van der Waals surface area contributed by atoms with Crippen LogP contribution >= 0.6 is 15.9 Å². The van der Waals surface area contributed by atoms with Gasteiger partial charge in [0.1, 0.15) is 0 Å². The van der Waals surface area contributed by atoms with Crippen molar-refractivity contribution in [2.24, 2.45) is 24.8 Å². The highest BCUT2D eigenvalue weighted by atomic mass is 79.9. The Balaban J connectivity index is 1.69. The van der Waals surface area contributed by atoms with Gasteiger partial charge in [-0.05, 0) is 54.7 Å². The summed E-state index contributed by atoms with van der Waals surface area (Å²) in [5.74, 6) is 2.27. The van der Waals surface area contributed by atoms with E-state index in [-0.39, 0.29) is 5.76 Å². The van der Waals surface area contributed by atoms with E-state index in [9.17, 15) is 4.79 Å². The molecule has 4 unspecified atom stereocenters. The molecule has 4 atom stereocenters. The largest absolute Gasteiger partial charge is 0.419 e. The van der Waals surface area contributed by atoms with Crippen molar-refractivity contribution in [3.8, 4) is 0 Å². The van der Waals surface area contributed by atoms with Gasteiger partial charge in [0.05, 0.1) is 5.52 Å². The van der Waals surface area contributed by atoms with Crippen LogP contribution < -0.4 is 5.76 Å². The van der Waals surface area contributed by atoms with Crippen molar-refractivity contribution >= 4 is 27.0 Å². The van der Waals surface area contributed by atoms with E-state index in [1.807, 2.05) is 12.1 Å². The van der Waals surface area contributed by atoms with E-state index in [1.54, 1.807) is 11.6 Å². The van der Waals surface area contributed by atoms with E-state index in [0.717, 1.165) is 23.3 Å². The average Bonchev–Trinajstić information content (AvgIpc) is 3.14. The first-order valence-electron chi connectivity index (χ1n) is 7.37. The summed E-state index contributed by atoms with van der Waals surface area (Å²) in [6.45, 7) is 0. The van der Waals surface area contributed by atoms with Crippen molar-refractivity contribution in [1.29, 1.82) is 0 Å². The lowest BCUT2D eigenvalue weighted by atomic mass is 9.84. The molecule has 1 aromatic carbocycles. The zero-order chi connectivity index (χ0) is 13.9. The lowest BCUT2D eigenvalue weighted by Gasteiger charge is -2.26. The van der Waals surface area contributed by atoms with E-state index >= 15 is 0 Å². The molecule has 0 spiro atoms. The molecule has 2 aliphatic carbocycles. The second kappa shape index (κ2) is 4.48. The zero-order valence-corrected chi connectivity index (χ0v) is 13.1. The lowest BCUT2D eigenvalue weighted by Crippen LogP contribution is -2.15. The van der Waals surface area contributed by atoms with Gasteiger partial charge >= 0.3 is 5.76 Å². The number of oxazole rings is 1. The Kier molecular flexibility index (Phi) is 2.85. The maximum atomic E-state index is 11.6. The number of hydrogen-bond acceptors (Lipinski definition) is 2. The van der Waals surface area contributed by atoms with Gasteiger partial charge in [0.25, 0.3) is 0 Å². The summed E-state index contributed by atoms with van der Waals surface area (Å²) >= 11 is 3.90. The number of halogens is 1. The molecule has 1 heterocycles. The van der Waals surface area contributed by atoms with Gasteiger partial charge in [0.15, 0.2) is 5.58 Å². The molecule has 1 aromatic heterocycles. The first kappa shape index (κ1) is 12.7. The summed E-state index contributed by atoms with van der Waals surface area (Å²) in [5.41, 5.74) is 2.80. The number of nitrogens with zero attached hydrogens (tertiary/aromatic N) is 1. The SMILES string of the molecule is Cn1c(=O)oc2cc(C(Br)C3CC4CCC3C4)ccc21. The molecule has 0 radical (unpaired) electrons. The minimum absolute atomic E-state index is 0.289. The van der Waals surface area contributed by atoms with E-state index in [2.05, 4.69) is 22.0 Å². The number of aromatic nitrogens is 1. The Morgan fingerprint density at radius 3 is 2.90 bits per heavy atom. The summed E-state index contributed by atoms with van der Waals surface area (Å²) < 4.78 is 6.86. The Morgan fingerprint density at radius 1 is 1.35 bits per heavy atom. The molecule has 0 amide bonds. The monoisotopic (exact) mass is 335 g/mol. The van der Waals surface area contributed by atoms with Crippen LogP contribution in [0.4, 0.5) is 0 Å². The highest BCUT2D eigenvalue weighted by molar-refractivity contribution is 9.09. The molecule has 2 saturated carbocycles. The van der Waals surface area contributed by atoms with Crippen LogP contribution in [-0.4, -0.2) is 4.57 Å². The van der Waals surface area contributed by atoms with Gasteiger partial charge in [0, 0.05) is 11.9 Å². The fraction of sp³-hybridized carbons (Fsp3) is 0.562. The van der Waals surface area contributed by atoms with Crippen molar-refractivity contribution in [1.82, 2.24) is 4.57 Å². The van der Waals surface area contributed by atoms with Crippen molar-refractivity contribution < 1.29 is 4.42 Å². The second-order valence-corrected chi connectivity index (χ2v) is 7.38. The fourth-order valence-corrected chi connectivity index (χ4v) is 5.15. The summed E-state index contributed by atoms with van der Waals surface area (Å²) in [6.07, 6.45) is 5.57. The predicted octanol–water partition coefficient (Wildman–Crippen LogP) is 4.00. The van der Waals surface area contributed by atoms with E-state index in [1.165, 1.54) is 31.2 Å². The van der Waals surface area contributed by atoms with Crippen LogP contribution in [0.1, 0.15) is 36.1 Å². The third-order valence-electron chi connectivity index (χ3n) is 5.30. The standard InChI is InChI=1S/C16H18BrNO2/c1-18-13-5-4-11(8-14(13)20-16(18)19)15(17)12-7-9-2-3-10(12)6-9/h4-5,8-10,12,15H,2-3,6-7H2,1H3. The second-order valence-electron chi connectivity index (χ2n) is 6.39. The molecule has 2 bridgehead atoms. The first-order chi connectivity index (χ1) is 9.63. The summed E-state index contributed by atoms with van der Waals surface area (Å²) in [6, 6.07) is 6.15. The number of aryl methyl sites for hydroxylation is 1. The molecule has 0 aliphatic heterocycles. The van der Waals surface area contributed by atoms with Crippen LogP contribution in [0.2, 0.25) is 0 Å². The van der Waals surface area contributed by atoms with Crippen LogP contribution in [-0.2, 0) is 7.05 Å². The van der Waals surface area contributed by atoms with Gasteiger partial charge in [-0.25, -0.2) is 4.79 Å². The molecule has 0 N–H and O–H groups in total. The van der Waals surface area contributed by atoms with Gasteiger partial charge in [0.2, 0.25) is 0 Å². The smallest absolute Gasteiger partial charge is 0.408 e. The zero-order valence-electron chi connectivity index (χ0n) is 11.5. The van der Waals surface area contributed by atoms with Crippen molar-refractivity contribution in [2.75, 3.05) is 0 Å². The van der Waals surface area contributed by atoms with Gasteiger partial charge < -0.3 is 4.42 Å². The van der Waals surface area contributed by atoms with Gasteiger partial charge in [-0.1, -0.05) is 28.4 Å². The number of hydrogen-bond donors (Lipinski definition) is 0. The Bertz CT molecular complexity index is 717. The molecule has 2 aliphatic rings. The average molecular weight is 336 g/mol. The van der Waals surface area contributed by atoms with Crippen molar-refractivity contribution in [3.05, 3.63) is 34.3 Å². The predicted molar refractivity (Wildman–Crippen MR) is 82.1 cm³/mol. The first-order valence-corrected chi connectivity index (χ1v) is 8.28. The molecule has 4 heteroatoms. The third-order valence-corrected chi connectivity index (χ3v) is 6.51. The van der Waals surface area contributed by atoms with Crippen LogP contribution in [0.15, 0.2) is 27.4 Å². The quantitative estimate of drug-likeness (QED) is 0.777. The van der Waals surface area contributed by atoms with E-state index in [0.29, 0.717) is 10.4 Å². The third kappa shape index (κ3) is 1.80. The molecule has 106 valence electrons. The Hall–Kier alpha value is -1.03. The van der Waals surface area contributed by atoms with Gasteiger partial charge in [-0.15, -0.1) is 0 Å². The molecular formula is C16H18BrNO2. The molecule has 3 nitrogen and oxygen atoms in total. The van der Waals surface area contributed by atoms with Gasteiger partial charge in [-0.3, -0.25) is 4.57 Å². The van der Waals surface area contributed by atoms with E-state index < -0.39 is 0 Å². The van der Waals surface area contributed by atoms with Crippen LogP contribution in [0.3, 0.4) is 0 Å². The molecule has 0 saturated heterocycles. The van der Waals surface area contributed by atoms with Crippen LogP contribution in [0.5, 0.6) is 0 Å². The topological polar surface area (TPSA) is 35.1 Å². The highest BCUT2D eigenvalue weighted by Crippen LogP contribution is 2.54. The molecule has 2 aromatic rings.